The molecule has 0 aliphatic heterocycles. The number of esters is 1. The highest BCUT2D eigenvalue weighted by Gasteiger charge is 2.28. The second-order valence-electron chi connectivity index (χ2n) is 7.88. The highest BCUT2D eigenvalue weighted by molar-refractivity contribution is 7.90. The Bertz CT molecular complexity index is 1590. The minimum atomic E-state index is -4.22. The number of nitrogens with two attached hydrogens (primary N) is 1. The van der Waals surface area contributed by atoms with E-state index in [1.165, 1.54) is 32.4 Å². The van der Waals surface area contributed by atoms with Crippen molar-refractivity contribution in [2.45, 2.75) is 24.8 Å². The lowest BCUT2D eigenvalue weighted by molar-refractivity contribution is -0.144. The molecule has 34 heavy (non-hydrogen) atoms. The number of anilines is 1. The van der Waals surface area contributed by atoms with E-state index in [1.807, 2.05) is 6.92 Å². The number of carbonyl (C=O) groups excluding carboxylic acids is 1. The SMILES string of the molecule is COC(=O)C(C)n1ccc2cc(-c3ccc(N)c(Cl)c3)n(S(=O)(=O)c3ccc(C)cc3)c2c1=O. The summed E-state index contributed by atoms with van der Waals surface area (Å²) in [7, 11) is -3.00. The van der Waals surface area contributed by atoms with Gasteiger partial charge in [0.05, 0.1) is 28.4 Å². The molecule has 10 heteroatoms. The van der Waals surface area contributed by atoms with Crippen LogP contribution in [0.15, 0.2) is 70.5 Å². The topological polar surface area (TPSA) is 113 Å². The average molecular weight is 500 g/mol. The van der Waals surface area contributed by atoms with Crippen molar-refractivity contribution in [2.24, 2.45) is 0 Å². The molecule has 176 valence electrons. The summed E-state index contributed by atoms with van der Waals surface area (Å²) < 4.78 is 34.6. The molecule has 1 unspecified atom stereocenters. The van der Waals surface area contributed by atoms with Gasteiger partial charge in [0.2, 0.25) is 0 Å². The summed E-state index contributed by atoms with van der Waals surface area (Å²) in [5, 5.41) is 0.635. The molecule has 0 amide bonds. The number of ether oxygens (including phenoxy) is 1. The minimum Gasteiger partial charge on any atom is -0.467 e. The molecule has 2 N–H and O–H groups in total. The molecule has 2 aromatic carbocycles. The maximum Gasteiger partial charge on any atom is 0.328 e. The molecule has 0 fully saturated rings. The minimum absolute atomic E-state index is 0.00853. The number of fused-ring (bicyclic) bond motifs is 1. The van der Waals surface area contributed by atoms with Crippen LogP contribution < -0.4 is 11.3 Å². The molecule has 0 aliphatic rings. The van der Waals surface area contributed by atoms with Crippen molar-refractivity contribution in [3.05, 3.63) is 81.7 Å². The van der Waals surface area contributed by atoms with E-state index in [2.05, 4.69) is 0 Å². The quantitative estimate of drug-likeness (QED) is 0.328. The molecular weight excluding hydrogens is 478 g/mol. The molecule has 4 rings (SSSR count). The van der Waals surface area contributed by atoms with Crippen molar-refractivity contribution in [2.75, 3.05) is 12.8 Å². The van der Waals surface area contributed by atoms with E-state index >= 15 is 0 Å². The van der Waals surface area contributed by atoms with E-state index in [0.717, 1.165) is 14.1 Å². The van der Waals surface area contributed by atoms with E-state index in [0.29, 0.717) is 16.6 Å². The number of rotatable bonds is 5. The molecule has 4 aromatic rings. The summed E-state index contributed by atoms with van der Waals surface area (Å²) in [5.41, 5.74) is 7.00. The number of nitrogens with zero attached hydrogens (tertiary/aromatic N) is 2. The van der Waals surface area contributed by atoms with Crippen LogP contribution in [0.4, 0.5) is 5.69 Å². The Labute approximate surface area is 201 Å². The average Bonchev–Trinajstić information content (AvgIpc) is 3.22. The standard InChI is InChI=1S/C24H22ClN3O5S/c1-14-4-7-18(8-5-14)34(31,32)28-21(16-6-9-20(26)19(25)12-16)13-17-10-11-27(23(29)22(17)28)15(2)24(30)33-3/h4-13,15H,26H2,1-3H3. The van der Waals surface area contributed by atoms with Crippen molar-refractivity contribution in [3.8, 4) is 11.3 Å². The number of halogens is 1. The highest BCUT2D eigenvalue weighted by atomic mass is 35.5. The molecule has 0 bridgehead atoms. The van der Waals surface area contributed by atoms with E-state index < -0.39 is 27.6 Å². The van der Waals surface area contributed by atoms with Crippen LogP contribution in [0.1, 0.15) is 18.5 Å². The van der Waals surface area contributed by atoms with Gasteiger partial charge < -0.3 is 10.5 Å². The molecule has 2 heterocycles. The van der Waals surface area contributed by atoms with Crippen LogP contribution >= 0.6 is 11.6 Å². The molecule has 1 atom stereocenters. The van der Waals surface area contributed by atoms with Gasteiger partial charge in [0.15, 0.2) is 0 Å². The number of nitrogen functional groups attached to an aromatic ring is 1. The Hall–Kier alpha value is -3.56. The Kier molecular flexibility index (Phi) is 6.01. The lowest BCUT2D eigenvalue weighted by Crippen LogP contribution is -2.30. The Morgan fingerprint density at radius 1 is 1.09 bits per heavy atom. The largest absolute Gasteiger partial charge is 0.467 e. The number of hydrogen-bond donors (Lipinski definition) is 1. The molecule has 0 saturated heterocycles. The third kappa shape index (κ3) is 3.86. The van der Waals surface area contributed by atoms with Gasteiger partial charge in [-0.3, -0.25) is 9.36 Å². The number of hydrogen-bond acceptors (Lipinski definition) is 6. The predicted molar refractivity (Wildman–Crippen MR) is 132 cm³/mol. The fourth-order valence-electron chi connectivity index (χ4n) is 3.74. The zero-order valence-electron chi connectivity index (χ0n) is 18.7. The van der Waals surface area contributed by atoms with Gasteiger partial charge in [0, 0.05) is 17.1 Å². The Balaban J connectivity index is 2.11. The first-order valence-electron chi connectivity index (χ1n) is 10.3. The molecule has 0 radical (unpaired) electrons. The molecule has 0 aliphatic carbocycles. The lowest BCUT2D eigenvalue weighted by atomic mass is 10.1. The smallest absolute Gasteiger partial charge is 0.328 e. The highest BCUT2D eigenvalue weighted by Crippen LogP contribution is 2.33. The number of aromatic nitrogens is 2. The van der Waals surface area contributed by atoms with Crippen molar-refractivity contribution < 1.29 is 17.9 Å². The normalized spacial score (nSPS) is 12.6. The van der Waals surface area contributed by atoms with E-state index in [9.17, 15) is 18.0 Å². The fraction of sp³-hybridized carbons (Fsp3) is 0.167. The summed E-state index contributed by atoms with van der Waals surface area (Å²) in [6, 6.07) is 13.3. The number of carbonyl (C=O) groups is 1. The molecular formula is C24H22ClN3O5S. The summed E-state index contributed by atoms with van der Waals surface area (Å²) >= 11 is 6.21. The molecule has 0 saturated carbocycles. The first-order chi connectivity index (χ1) is 16.1. The maximum absolute atomic E-state index is 13.9. The van der Waals surface area contributed by atoms with Crippen molar-refractivity contribution in [3.63, 3.8) is 0 Å². The fourth-order valence-corrected chi connectivity index (χ4v) is 5.45. The maximum atomic E-state index is 13.9. The molecule has 8 nitrogen and oxygen atoms in total. The number of pyridine rings is 1. The van der Waals surface area contributed by atoms with Gasteiger partial charge >= 0.3 is 5.97 Å². The first-order valence-corrected chi connectivity index (χ1v) is 12.1. The third-order valence-corrected chi connectivity index (χ3v) is 7.71. The first kappa shape index (κ1) is 23.6. The van der Waals surface area contributed by atoms with Gasteiger partial charge in [-0.15, -0.1) is 0 Å². The van der Waals surface area contributed by atoms with Crippen LogP contribution in [-0.2, 0) is 19.6 Å². The van der Waals surface area contributed by atoms with Crippen LogP contribution in [0.5, 0.6) is 0 Å². The van der Waals surface area contributed by atoms with Gasteiger partial charge in [0.25, 0.3) is 15.6 Å². The van der Waals surface area contributed by atoms with Crippen molar-refractivity contribution in [1.29, 1.82) is 0 Å². The summed E-state index contributed by atoms with van der Waals surface area (Å²) in [4.78, 5) is 25.6. The summed E-state index contributed by atoms with van der Waals surface area (Å²) in [6.45, 7) is 3.34. The predicted octanol–water partition coefficient (Wildman–Crippen LogP) is 3.99. The number of methoxy groups -OCH3 is 1. The monoisotopic (exact) mass is 499 g/mol. The van der Waals surface area contributed by atoms with Crippen LogP contribution in [0.25, 0.3) is 22.2 Å². The molecule has 0 spiro atoms. The van der Waals surface area contributed by atoms with Gasteiger partial charge in [-0.25, -0.2) is 17.2 Å². The van der Waals surface area contributed by atoms with Crippen LogP contribution in [0.2, 0.25) is 5.02 Å². The zero-order valence-corrected chi connectivity index (χ0v) is 20.2. The molecule has 2 aromatic heterocycles. The number of aryl methyl sites for hydroxylation is 1. The zero-order chi connectivity index (χ0) is 24.8. The Morgan fingerprint density at radius 2 is 1.76 bits per heavy atom. The third-order valence-electron chi connectivity index (χ3n) is 5.65. The number of benzene rings is 2. The van der Waals surface area contributed by atoms with Gasteiger partial charge in [0.1, 0.15) is 11.6 Å². The second-order valence-corrected chi connectivity index (χ2v) is 10.1. The van der Waals surface area contributed by atoms with E-state index in [4.69, 9.17) is 22.1 Å². The van der Waals surface area contributed by atoms with Crippen molar-refractivity contribution in [1.82, 2.24) is 8.54 Å². The summed E-state index contributed by atoms with van der Waals surface area (Å²) in [5.74, 6) is -0.633. The van der Waals surface area contributed by atoms with Crippen molar-refractivity contribution >= 4 is 44.2 Å². The van der Waals surface area contributed by atoms with Gasteiger partial charge in [-0.05, 0) is 50.2 Å². The second kappa shape index (κ2) is 8.66. The lowest BCUT2D eigenvalue weighted by Gasteiger charge is -2.15. The van der Waals surface area contributed by atoms with E-state index in [-0.39, 0.29) is 21.1 Å². The van der Waals surface area contributed by atoms with Crippen LogP contribution in [0.3, 0.4) is 0 Å². The van der Waals surface area contributed by atoms with Crippen LogP contribution in [-0.4, -0.2) is 30.0 Å². The van der Waals surface area contributed by atoms with Gasteiger partial charge in [-0.1, -0.05) is 35.4 Å². The van der Waals surface area contributed by atoms with Crippen LogP contribution in [0, 0.1) is 6.92 Å². The Morgan fingerprint density at radius 3 is 2.38 bits per heavy atom. The van der Waals surface area contributed by atoms with Gasteiger partial charge in [-0.2, -0.15) is 0 Å². The van der Waals surface area contributed by atoms with E-state index in [1.54, 1.807) is 42.5 Å². The summed E-state index contributed by atoms with van der Waals surface area (Å²) in [6.07, 6.45) is 1.44.